The van der Waals surface area contributed by atoms with Crippen LogP contribution in [0.25, 0.3) is 0 Å². The molecule has 0 aliphatic rings. The van der Waals surface area contributed by atoms with Gasteiger partial charge >= 0.3 is 5.97 Å². The molecule has 0 saturated carbocycles. The van der Waals surface area contributed by atoms with Crippen LogP contribution in [0, 0.1) is 0 Å². The van der Waals surface area contributed by atoms with Gasteiger partial charge in [-0.15, -0.1) is 0 Å². The van der Waals surface area contributed by atoms with E-state index in [0.717, 1.165) is 0 Å². The van der Waals surface area contributed by atoms with Gasteiger partial charge in [0.15, 0.2) is 6.61 Å². The quantitative estimate of drug-likeness (QED) is 0.585. The summed E-state index contributed by atoms with van der Waals surface area (Å²) < 4.78 is 31.4. The second-order valence-electron chi connectivity index (χ2n) is 6.68. The average molecular weight is 413 g/mol. The lowest BCUT2D eigenvalue weighted by Gasteiger charge is -2.30. The topological polar surface area (TPSA) is 122 Å². The maximum absolute atomic E-state index is 12.2. The summed E-state index contributed by atoms with van der Waals surface area (Å²) in [5.74, 6) is -1.49. The minimum Gasteiger partial charge on any atom is -0.455 e. The molecule has 1 rings (SSSR count). The highest BCUT2D eigenvalue weighted by molar-refractivity contribution is 7.89. The smallest absolute Gasteiger partial charge is 0.321 e. The molecule has 0 atom stereocenters. The molecule has 0 heterocycles. The fourth-order valence-electron chi connectivity index (χ4n) is 2.60. The predicted octanol–water partition coefficient (Wildman–Crippen LogP) is 1.11. The van der Waals surface area contributed by atoms with Crippen LogP contribution >= 0.6 is 0 Å². The first kappa shape index (κ1) is 23.6. The molecule has 0 bridgehead atoms. The summed E-state index contributed by atoms with van der Waals surface area (Å²) in [6, 6.07) is 5.35. The van der Waals surface area contributed by atoms with Gasteiger partial charge in [0.25, 0.3) is 5.91 Å². The Morgan fingerprint density at radius 1 is 1.04 bits per heavy atom. The fraction of sp³-hybridized carbons (Fsp3) is 0.500. The van der Waals surface area contributed by atoms with E-state index in [4.69, 9.17) is 4.74 Å². The Bertz CT molecular complexity index is 795. The van der Waals surface area contributed by atoms with Gasteiger partial charge in [0.05, 0.1) is 4.90 Å². The molecule has 2 amide bonds. The van der Waals surface area contributed by atoms with E-state index in [2.05, 4.69) is 10.0 Å². The van der Waals surface area contributed by atoms with Crippen molar-refractivity contribution in [2.75, 3.05) is 18.5 Å². The first-order chi connectivity index (χ1) is 12.9. The number of anilines is 1. The largest absolute Gasteiger partial charge is 0.455 e. The van der Waals surface area contributed by atoms with Crippen molar-refractivity contribution in [3.63, 3.8) is 0 Å². The van der Waals surface area contributed by atoms with Crippen LogP contribution in [0.15, 0.2) is 29.2 Å². The molecular weight excluding hydrogens is 386 g/mol. The van der Waals surface area contributed by atoms with Crippen LogP contribution in [0.5, 0.6) is 0 Å². The molecule has 2 N–H and O–H groups in total. The normalized spacial score (nSPS) is 11.4. The third-order valence-electron chi connectivity index (χ3n) is 3.65. The SMILES string of the molecule is CC(=O)Nc1ccc(S(=O)(=O)NCC(=O)OCC(=O)N(C(C)C)C(C)C)cc1. The van der Waals surface area contributed by atoms with Gasteiger partial charge in [-0.25, -0.2) is 8.42 Å². The average Bonchev–Trinajstić information content (AvgIpc) is 2.57. The van der Waals surface area contributed by atoms with Gasteiger partial charge < -0.3 is 15.0 Å². The number of rotatable bonds is 9. The van der Waals surface area contributed by atoms with E-state index < -0.39 is 29.1 Å². The van der Waals surface area contributed by atoms with Crippen LogP contribution in [0.1, 0.15) is 34.6 Å². The summed E-state index contributed by atoms with van der Waals surface area (Å²) in [5, 5.41) is 2.52. The third-order valence-corrected chi connectivity index (χ3v) is 5.07. The molecule has 1 aromatic carbocycles. The van der Waals surface area contributed by atoms with Crippen LogP contribution < -0.4 is 10.0 Å². The van der Waals surface area contributed by atoms with E-state index in [9.17, 15) is 22.8 Å². The molecule has 0 unspecified atom stereocenters. The molecule has 28 heavy (non-hydrogen) atoms. The number of amides is 2. The maximum atomic E-state index is 12.2. The van der Waals surface area contributed by atoms with E-state index in [1.165, 1.54) is 31.2 Å². The Morgan fingerprint density at radius 2 is 1.57 bits per heavy atom. The van der Waals surface area contributed by atoms with E-state index in [0.29, 0.717) is 5.69 Å². The zero-order chi connectivity index (χ0) is 21.5. The molecule has 1 aromatic rings. The molecular formula is C18H27N3O6S. The van der Waals surface area contributed by atoms with Crippen molar-refractivity contribution in [2.24, 2.45) is 0 Å². The summed E-state index contributed by atoms with van der Waals surface area (Å²) in [6.45, 7) is 7.69. The first-order valence-corrected chi connectivity index (χ1v) is 10.3. The Labute approximate surface area is 165 Å². The summed E-state index contributed by atoms with van der Waals surface area (Å²) in [4.78, 5) is 36.4. The number of hydrogen-bond acceptors (Lipinski definition) is 6. The number of sulfonamides is 1. The third kappa shape index (κ3) is 7.28. The van der Waals surface area contributed by atoms with Gasteiger partial charge in [0.1, 0.15) is 6.54 Å². The van der Waals surface area contributed by atoms with Crippen LogP contribution in [0.2, 0.25) is 0 Å². The van der Waals surface area contributed by atoms with Gasteiger partial charge in [0, 0.05) is 24.7 Å². The van der Waals surface area contributed by atoms with Crippen molar-refractivity contribution in [1.29, 1.82) is 0 Å². The highest BCUT2D eigenvalue weighted by Gasteiger charge is 2.22. The van der Waals surface area contributed by atoms with Crippen molar-refractivity contribution in [2.45, 2.75) is 51.6 Å². The lowest BCUT2D eigenvalue weighted by molar-refractivity contribution is -0.152. The van der Waals surface area contributed by atoms with Gasteiger partial charge in [-0.05, 0) is 52.0 Å². The van der Waals surface area contributed by atoms with Crippen LogP contribution in [0.4, 0.5) is 5.69 Å². The number of nitrogens with one attached hydrogen (secondary N) is 2. The first-order valence-electron chi connectivity index (χ1n) is 8.78. The summed E-state index contributed by atoms with van der Waals surface area (Å²) in [5.41, 5.74) is 0.448. The Kier molecular flexibility index (Phi) is 8.58. The van der Waals surface area contributed by atoms with E-state index in [1.54, 1.807) is 4.90 Å². The molecule has 0 radical (unpaired) electrons. The number of carbonyl (C=O) groups excluding carboxylic acids is 3. The number of hydrogen-bond donors (Lipinski definition) is 2. The monoisotopic (exact) mass is 413 g/mol. The van der Waals surface area contributed by atoms with Crippen LogP contribution in [0.3, 0.4) is 0 Å². The van der Waals surface area contributed by atoms with E-state index >= 15 is 0 Å². The number of nitrogens with zero attached hydrogens (tertiary/aromatic N) is 1. The summed E-state index contributed by atoms with van der Waals surface area (Å²) in [7, 11) is -3.94. The predicted molar refractivity (Wildman–Crippen MR) is 104 cm³/mol. The lowest BCUT2D eigenvalue weighted by Crippen LogP contribution is -2.44. The lowest BCUT2D eigenvalue weighted by atomic mass is 10.2. The molecule has 10 heteroatoms. The van der Waals surface area contributed by atoms with E-state index in [-0.39, 0.29) is 28.8 Å². The highest BCUT2D eigenvalue weighted by atomic mass is 32.2. The van der Waals surface area contributed by atoms with Gasteiger partial charge in [-0.3, -0.25) is 14.4 Å². The molecule has 0 spiro atoms. The van der Waals surface area contributed by atoms with Gasteiger partial charge in [0.2, 0.25) is 15.9 Å². The van der Waals surface area contributed by atoms with Crippen molar-refractivity contribution in [1.82, 2.24) is 9.62 Å². The molecule has 0 aliphatic heterocycles. The van der Waals surface area contributed by atoms with E-state index in [1.807, 2.05) is 27.7 Å². The Hall–Kier alpha value is -2.46. The molecule has 0 aliphatic carbocycles. The van der Waals surface area contributed by atoms with Crippen molar-refractivity contribution in [3.05, 3.63) is 24.3 Å². The highest BCUT2D eigenvalue weighted by Crippen LogP contribution is 2.13. The molecule has 156 valence electrons. The van der Waals surface area contributed by atoms with Crippen molar-refractivity contribution < 1.29 is 27.5 Å². The van der Waals surface area contributed by atoms with Crippen molar-refractivity contribution >= 4 is 33.5 Å². The second-order valence-corrected chi connectivity index (χ2v) is 8.45. The Balaban J connectivity index is 2.59. The zero-order valence-corrected chi connectivity index (χ0v) is 17.5. The second kappa shape index (κ2) is 10.2. The number of benzene rings is 1. The van der Waals surface area contributed by atoms with Crippen LogP contribution in [-0.4, -0.2) is 56.3 Å². The molecule has 0 saturated heterocycles. The summed E-state index contributed by atoms with van der Waals surface area (Å²) >= 11 is 0. The molecule has 0 aromatic heterocycles. The number of ether oxygens (including phenoxy) is 1. The van der Waals surface area contributed by atoms with Crippen molar-refractivity contribution in [3.8, 4) is 0 Å². The molecule has 0 fully saturated rings. The number of carbonyl (C=O) groups is 3. The van der Waals surface area contributed by atoms with Gasteiger partial charge in [-0.1, -0.05) is 0 Å². The minimum absolute atomic E-state index is 0.0508. The fourth-order valence-corrected chi connectivity index (χ4v) is 3.57. The Morgan fingerprint density at radius 3 is 2.04 bits per heavy atom. The minimum atomic E-state index is -3.94. The molecule has 9 nitrogen and oxygen atoms in total. The maximum Gasteiger partial charge on any atom is 0.321 e. The zero-order valence-electron chi connectivity index (χ0n) is 16.7. The van der Waals surface area contributed by atoms with Crippen LogP contribution in [-0.2, 0) is 29.1 Å². The standard InChI is InChI=1S/C18H27N3O6S/c1-12(2)21(13(3)4)17(23)11-27-18(24)10-19-28(25,26)16-8-6-15(7-9-16)20-14(5)22/h6-9,12-13,19H,10-11H2,1-5H3,(H,20,22). The van der Waals surface area contributed by atoms with Gasteiger partial charge in [-0.2, -0.15) is 4.72 Å². The summed E-state index contributed by atoms with van der Waals surface area (Å²) in [6.07, 6.45) is 0. The number of esters is 1.